The maximum Gasteiger partial charge on any atom is 0.305 e. The highest BCUT2D eigenvalue weighted by Crippen LogP contribution is 2.17. The van der Waals surface area contributed by atoms with Gasteiger partial charge in [0.2, 0.25) is 5.91 Å². The number of hydrogen-bond acceptors (Lipinski definition) is 5. The third kappa shape index (κ3) is 49.8. The van der Waals surface area contributed by atoms with Crippen molar-refractivity contribution in [2.24, 2.45) is 0 Å². The maximum absolute atomic E-state index is 12.5. The van der Waals surface area contributed by atoms with Gasteiger partial charge in [0.1, 0.15) is 0 Å². The Morgan fingerprint density at radius 3 is 1.14 bits per heavy atom. The molecule has 0 fully saturated rings. The molecule has 378 valence electrons. The van der Waals surface area contributed by atoms with Crippen molar-refractivity contribution in [2.45, 2.75) is 321 Å². The number of rotatable bonds is 53. The molecule has 0 aliphatic rings. The highest BCUT2D eigenvalue weighted by Gasteiger charge is 2.20. The second kappa shape index (κ2) is 54.0. The van der Waals surface area contributed by atoms with E-state index in [9.17, 15) is 19.8 Å². The second-order valence-corrected chi connectivity index (χ2v) is 19.6. The fourth-order valence-corrected chi connectivity index (χ4v) is 8.81. The van der Waals surface area contributed by atoms with Crippen molar-refractivity contribution >= 4 is 11.9 Å². The smallest absolute Gasteiger partial charge is 0.305 e. The zero-order valence-electron chi connectivity index (χ0n) is 43.0. The van der Waals surface area contributed by atoms with Crippen molar-refractivity contribution in [1.82, 2.24) is 5.32 Å². The summed E-state index contributed by atoms with van der Waals surface area (Å²) in [5.74, 6) is -0.0569. The van der Waals surface area contributed by atoms with Crippen LogP contribution in [0, 0.1) is 0 Å². The molecule has 0 aromatic carbocycles. The lowest BCUT2D eigenvalue weighted by Gasteiger charge is -2.22. The van der Waals surface area contributed by atoms with E-state index in [0.29, 0.717) is 25.9 Å². The lowest BCUT2D eigenvalue weighted by Crippen LogP contribution is -2.45. The van der Waals surface area contributed by atoms with Crippen LogP contribution >= 0.6 is 0 Å². The monoisotopic (exact) mass is 902 g/mol. The third-order valence-corrected chi connectivity index (χ3v) is 13.2. The summed E-state index contributed by atoms with van der Waals surface area (Å²) in [6.45, 7) is 4.92. The van der Waals surface area contributed by atoms with Gasteiger partial charge < -0.3 is 20.3 Å². The highest BCUT2D eigenvalue weighted by atomic mass is 16.5. The van der Waals surface area contributed by atoms with E-state index in [1.54, 1.807) is 0 Å². The van der Waals surface area contributed by atoms with Gasteiger partial charge in [0.15, 0.2) is 0 Å². The average molecular weight is 903 g/mol. The molecule has 0 radical (unpaired) electrons. The second-order valence-electron chi connectivity index (χ2n) is 19.6. The van der Waals surface area contributed by atoms with Crippen LogP contribution < -0.4 is 5.32 Å². The molecule has 0 saturated heterocycles. The first kappa shape index (κ1) is 62.3. The van der Waals surface area contributed by atoms with Gasteiger partial charge in [-0.2, -0.15) is 0 Å². The first-order chi connectivity index (χ1) is 31.5. The minimum atomic E-state index is -0.672. The van der Waals surface area contributed by atoms with Crippen molar-refractivity contribution in [2.75, 3.05) is 13.2 Å². The highest BCUT2D eigenvalue weighted by molar-refractivity contribution is 5.76. The number of allylic oxidation sites excluding steroid dienone is 4. The van der Waals surface area contributed by atoms with Crippen LogP contribution in [-0.2, 0) is 14.3 Å². The van der Waals surface area contributed by atoms with Gasteiger partial charge in [0, 0.05) is 12.8 Å². The molecule has 0 heterocycles. The van der Waals surface area contributed by atoms with Crippen LogP contribution in [0.2, 0.25) is 0 Å². The van der Waals surface area contributed by atoms with E-state index in [-0.39, 0.29) is 18.5 Å². The van der Waals surface area contributed by atoms with Crippen molar-refractivity contribution in [1.29, 1.82) is 0 Å². The fraction of sp³-hybridized carbons (Fsp3) is 0.897. The molecule has 0 aromatic rings. The average Bonchev–Trinajstić information content (AvgIpc) is 3.29. The molecule has 6 heteroatoms. The molecule has 2 unspecified atom stereocenters. The predicted molar refractivity (Wildman–Crippen MR) is 278 cm³/mol. The molecule has 0 saturated carbocycles. The Bertz CT molecular complexity index is 997. The number of aliphatic hydroxyl groups excluding tert-OH is 2. The molecular weight excluding hydrogens is 791 g/mol. The van der Waals surface area contributed by atoms with Crippen LogP contribution in [-0.4, -0.2) is 47.4 Å². The molecule has 3 N–H and O–H groups in total. The van der Waals surface area contributed by atoms with Gasteiger partial charge in [-0.1, -0.05) is 244 Å². The summed E-state index contributed by atoms with van der Waals surface area (Å²) >= 11 is 0. The van der Waals surface area contributed by atoms with Gasteiger partial charge in [-0.05, 0) is 77.0 Å². The quantitative estimate of drug-likeness (QED) is 0.0321. The van der Waals surface area contributed by atoms with Gasteiger partial charge in [-0.3, -0.25) is 9.59 Å². The van der Waals surface area contributed by atoms with Crippen LogP contribution in [0.3, 0.4) is 0 Å². The van der Waals surface area contributed by atoms with Crippen molar-refractivity contribution in [3.63, 3.8) is 0 Å². The van der Waals surface area contributed by atoms with Crippen molar-refractivity contribution in [3.8, 4) is 0 Å². The minimum absolute atomic E-state index is 0.0117. The summed E-state index contributed by atoms with van der Waals surface area (Å²) in [6, 6.07) is -0.551. The lowest BCUT2D eigenvalue weighted by atomic mass is 10.0. The molecule has 64 heavy (non-hydrogen) atoms. The maximum atomic E-state index is 12.5. The summed E-state index contributed by atoms with van der Waals surface area (Å²) in [5.41, 5.74) is 0. The number of carbonyl (C=O) groups excluding carboxylic acids is 2. The summed E-state index contributed by atoms with van der Waals surface area (Å²) < 4.78 is 5.45. The van der Waals surface area contributed by atoms with Crippen LogP contribution in [0.5, 0.6) is 0 Å². The van der Waals surface area contributed by atoms with Crippen LogP contribution in [0.4, 0.5) is 0 Å². The number of aliphatic hydroxyl groups is 2. The fourth-order valence-electron chi connectivity index (χ4n) is 8.81. The van der Waals surface area contributed by atoms with E-state index in [0.717, 1.165) is 57.8 Å². The standard InChI is InChI=1S/C58H111NO5/c1-3-5-7-9-11-13-15-17-18-19-21-24-27-30-34-38-42-46-50-56(61)55(54-60)59-57(62)51-47-43-39-35-31-28-25-22-20-23-26-29-33-37-41-45-49-53-64-58(63)52-48-44-40-36-32-16-14-12-10-8-6-4-2/h12,14,20,23,55-56,60-61H,3-11,13,15-19,21-22,24-54H2,1-2H3,(H,59,62)/b14-12-,23-20-. The minimum Gasteiger partial charge on any atom is -0.466 e. The lowest BCUT2D eigenvalue weighted by molar-refractivity contribution is -0.143. The normalized spacial score (nSPS) is 12.8. The molecule has 1 amide bonds. The Balaban J connectivity index is 3.47. The van der Waals surface area contributed by atoms with E-state index >= 15 is 0 Å². The Morgan fingerprint density at radius 1 is 0.422 bits per heavy atom. The van der Waals surface area contributed by atoms with Gasteiger partial charge in [0.25, 0.3) is 0 Å². The Kier molecular flexibility index (Phi) is 52.6. The molecule has 0 spiro atoms. The number of ether oxygens (including phenoxy) is 1. The van der Waals surface area contributed by atoms with Gasteiger partial charge >= 0.3 is 5.97 Å². The number of nitrogens with one attached hydrogen (secondary N) is 1. The van der Waals surface area contributed by atoms with Gasteiger partial charge in [-0.15, -0.1) is 0 Å². The largest absolute Gasteiger partial charge is 0.466 e. The molecule has 0 aliphatic heterocycles. The first-order valence-corrected chi connectivity index (χ1v) is 28.6. The van der Waals surface area contributed by atoms with Crippen LogP contribution in [0.25, 0.3) is 0 Å². The zero-order chi connectivity index (χ0) is 46.5. The molecule has 0 aromatic heterocycles. The Morgan fingerprint density at radius 2 is 0.734 bits per heavy atom. The van der Waals surface area contributed by atoms with E-state index < -0.39 is 12.1 Å². The predicted octanol–water partition coefficient (Wildman–Crippen LogP) is 17.5. The number of unbranched alkanes of at least 4 members (excludes halogenated alkanes) is 38. The number of amides is 1. The number of carbonyl (C=O) groups is 2. The first-order valence-electron chi connectivity index (χ1n) is 28.6. The summed E-state index contributed by atoms with van der Waals surface area (Å²) in [5, 5.41) is 23.3. The van der Waals surface area contributed by atoms with E-state index in [1.165, 1.54) is 218 Å². The topological polar surface area (TPSA) is 95.9 Å². The van der Waals surface area contributed by atoms with E-state index in [4.69, 9.17) is 4.74 Å². The SMILES string of the molecule is CCCCC/C=C\CCCCCCCC(=O)OCCCCCCCC/C=C\CCCCCCCCCC(=O)NC(CO)C(O)CCCCCCCCCCCCCCCCCCCC. The zero-order valence-corrected chi connectivity index (χ0v) is 43.0. The Labute approximate surface area is 399 Å². The van der Waals surface area contributed by atoms with E-state index in [1.807, 2.05) is 0 Å². The number of hydrogen-bond donors (Lipinski definition) is 3. The molecular formula is C58H111NO5. The van der Waals surface area contributed by atoms with Gasteiger partial charge in [-0.25, -0.2) is 0 Å². The van der Waals surface area contributed by atoms with Crippen LogP contribution in [0.1, 0.15) is 309 Å². The molecule has 0 bridgehead atoms. The van der Waals surface area contributed by atoms with E-state index in [2.05, 4.69) is 43.5 Å². The van der Waals surface area contributed by atoms with Crippen molar-refractivity contribution in [3.05, 3.63) is 24.3 Å². The molecule has 2 atom stereocenters. The molecule has 0 rings (SSSR count). The van der Waals surface area contributed by atoms with Gasteiger partial charge in [0.05, 0.1) is 25.4 Å². The summed E-state index contributed by atoms with van der Waals surface area (Å²) in [6.07, 6.45) is 64.5. The summed E-state index contributed by atoms with van der Waals surface area (Å²) in [7, 11) is 0. The molecule has 0 aliphatic carbocycles. The Hall–Kier alpha value is -1.66. The van der Waals surface area contributed by atoms with Crippen LogP contribution in [0.15, 0.2) is 24.3 Å². The third-order valence-electron chi connectivity index (χ3n) is 13.2. The van der Waals surface area contributed by atoms with Crippen molar-refractivity contribution < 1.29 is 24.5 Å². The summed E-state index contributed by atoms with van der Waals surface area (Å²) in [4.78, 5) is 24.5. The number of esters is 1. The molecule has 6 nitrogen and oxygen atoms in total.